The maximum Gasteiger partial charge on any atom is 0.234 e. The first-order valence-corrected chi connectivity index (χ1v) is 17.9. The van der Waals surface area contributed by atoms with Crippen molar-refractivity contribution in [3.8, 4) is 0 Å². The van der Waals surface area contributed by atoms with Gasteiger partial charge >= 0.3 is 0 Å². The second-order valence-electron chi connectivity index (χ2n) is 13.4. The number of hydrogen-bond acceptors (Lipinski definition) is 6. The number of aromatic nitrogens is 2. The summed E-state index contributed by atoms with van der Waals surface area (Å²) >= 11 is 24.0. The SMILES string of the molecule is O=C(Nc1ccc(Cl)c(Cl)c1)[C@@H]1[C@@H](c2ccncc2)[C@@H]2CC[C@H]1O2.O=C(Nc1ccc(Cl)c(Cl)c1)[C@]12C[C@@]1(c1ccncc1)[C@@H]1CC[C@H]2O1. The van der Waals surface area contributed by atoms with Gasteiger partial charge in [-0.25, -0.2) is 0 Å². The fourth-order valence-corrected chi connectivity index (χ4v) is 9.42. The molecule has 1 saturated carbocycles. The summed E-state index contributed by atoms with van der Waals surface area (Å²) in [5, 5.41) is 7.78. The molecule has 4 bridgehead atoms. The van der Waals surface area contributed by atoms with Gasteiger partial charge in [-0.1, -0.05) is 46.4 Å². The molecule has 8 atom stereocenters. The summed E-state index contributed by atoms with van der Waals surface area (Å²) in [7, 11) is 0. The van der Waals surface area contributed by atoms with Crippen LogP contribution in [0.15, 0.2) is 85.5 Å². The van der Waals surface area contributed by atoms with E-state index in [0.29, 0.717) is 31.5 Å². The number of halogens is 4. The monoisotopic (exact) mass is 736 g/mol. The minimum absolute atomic E-state index is 0.00917. The molecule has 4 aliphatic heterocycles. The van der Waals surface area contributed by atoms with Crippen molar-refractivity contribution >= 4 is 69.6 Å². The summed E-state index contributed by atoms with van der Waals surface area (Å²) in [4.78, 5) is 34.3. The van der Waals surface area contributed by atoms with Gasteiger partial charge in [0.05, 0.1) is 55.8 Å². The van der Waals surface area contributed by atoms with Crippen molar-refractivity contribution in [2.75, 3.05) is 10.6 Å². The molecule has 2 aromatic carbocycles. The van der Waals surface area contributed by atoms with Crippen LogP contribution in [0.5, 0.6) is 0 Å². The summed E-state index contributed by atoms with van der Waals surface area (Å²) in [5.74, 6) is -0.174. The molecule has 9 rings (SSSR count). The van der Waals surface area contributed by atoms with E-state index in [-0.39, 0.29) is 53.5 Å². The maximum absolute atomic E-state index is 13.3. The highest BCUT2D eigenvalue weighted by atomic mass is 35.5. The van der Waals surface area contributed by atoms with Crippen molar-refractivity contribution in [3.05, 3.63) is 117 Å². The number of ether oxygens (including phenoxy) is 2. The zero-order chi connectivity index (χ0) is 33.9. The summed E-state index contributed by atoms with van der Waals surface area (Å²) in [6, 6.07) is 18.2. The van der Waals surface area contributed by atoms with Crippen LogP contribution < -0.4 is 10.6 Å². The third-order valence-electron chi connectivity index (χ3n) is 11.0. The molecule has 49 heavy (non-hydrogen) atoms. The Bertz CT molecular complexity index is 1920. The van der Waals surface area contributed by atoms with Crippen LogP contribution in [0.4, 0.5) is 11.4 Å². The molecule has 5 aliphatic rings. The fraction of sp³-hybridized carbons (Fsp3) is 0.351. The number of benzene rings is 2. The topological polar surface area (TPSA) is 102 Å². The van der Waals surface area contributed by atoms with E-state index in [1.165, 1.54) is 0 Å². The molecule has 2 amide bonds. The normalized spacial score (nSPS) is 31.4. The molecule has 12 heteroatoms. The highest BCUT2D eigenvalue weighted by Crippen LogP contribution is 2.77. The van der Waals surface area contributed by atoms with E-state index >= 15 is 0 Å². The number of carbonyl (C=O) groups excluding carboxylic acids is 2. The van der Waals surface area contributed by atoms with E-state index in [4.69, 9.17) is 55.9 Å². The molecular formula is C37H32Cl4N4O4. The fourth-order valence-electron chi connectivity index (χ4n) is 8.82. The smallest absolute Gasteiger partial charge is 0.234 e. The Hall–Kier alpha value is -3.24. The largest absolute Gasteiger partial charge is 0.373 e. The number of nitrogens with zero attached hydrogens (tertiary/aromatic N) is 2. The lowest BCUT2D eigenvalue weighted by atomic mass is 9.75. The van der Waals surface area contributed by atoms with E-state index in [1.54, 1.807) is 61.2 Å². The maximum atomic E-state index is 13.3. The molecule has 0 radical (unpaired) electrons. The van der Waals surface area contributed by atoms with Crippen LogP contribution in [0, 0.1) is 11.3 Å². The summed E-state index contributed by atoms with van der Waals surface area (Å²) in [6.45, 7) is 0. The van der Waals surface area contributed by atoms with Crippen LogP contribution in [0.1, 0.15) is 49.1 Å². The Kier molecular flexibility index (Phi) is 8.62. The van der Waals surface area contributed by atoms with Crippen LogP contribution in [0.25, 0.3) is 0 Å². The van der Waals surface area contributed by atoms with Gasteiger partial charge in [-0.05, 0) is 104 Å². The van der Waals surface area contributed by atoms with E-state index in [0.717, 1.165) is 43.2 Å². The molecular weight excluding hydrogens is 706 g/mol. The Morgan fingerprint density at radius 1 is 0.673 bits per heavy atom. The highest BCUT2D eigenvalue weighted by molar-refractivity contribution is 6.42. The molecule has 6 heterocycles. The molecule has 4 saturated heterocycles. The molecule has 2 N–H and O–H groups in total. The number of nitrogens with one attached hydrogen (secondary N) is 2. The van der Waals surface area contributed by atoms with Gasteiger partial charge in [-0.2, -0.15) is 0 Å². The molecule has 5 fully saturated rings. The lowest BCUT2D eigenvalue weighted by Gasteiger charge is -2.27. The van der Waals surface area contributed by atoms with Gasteiger partial charge in [-0.15, -0.1) is 0 Å². The number of amides is 2. The van der Waals surface area contributed by atoms with E-state index in [2.05, 4.69) is 20.6 Å². The third-order valence-corrected chi connectivity index (χ3v) is 12.5. The Morgan fingerprint density at radius 2 is 1.27 bits per heavy atom. The van der Waals surface area contributed by atoms with Crippen molar-refractivity contribution in [1.82, 2.24) is 9.97 Å². The lowest BCUT2D eigenvalue weighted by Crippen LogP contribution is -2.39. The lowest BCUT2D eigenvalue weighted by molar-refractivity contribution is -0.124. The van der Waals surface area contributed by atoms with Crippen LogP contribution in [0.2, 0.25) is 20.1 Å². The van der Waals surface area contributed by atoms with Crippen LogP contribution >= 0.6 is 46.4 Å². The predicted octanol–water partition coefficient (Wildman–Crippen LogP) is 8.50. The zero-order valence-corrected chi connectivity index (χ0v) is 29.1. The molecule has 0 unspecified atom stereocenters. The molecule has 0 spiro atoms. The average Bonchev–Trinajstić information content (AvgIpc) is 3.56. The Labute approximate surface area is 303 Å². The van der Waals surface area contributed by atoms with Gasteiger partial charge < -0.3 is 20.1 Å². The Balaban J connectivity index is 0.000000142. The molecule has 252 valence electrons. The van der Waals surface area contributed by atoms with E-state index < -0.39 is 5.41 Å². The van der Waals surface area contributed by atoms with Gasteiger partial charge in [0, 0.05) is 47.5 Å². The number of fused-ring (bicyclic) bond motifs is 7. The van der Waals surface area contributed by atoms with Crippen molar-refractivity contribution in [1.29, 1.82) is 0 Å². The molecule has 4 aromatic rings. The second-order valence-corrected chi connectivity index (χ2v) is 15.0. The van der Waals surface area contributed by atoms with E-state index in [9.17, 15) is 9.59 Å². The number of hydrogen-bond donors (Lipinski definition) is 2. The third kappa shape index (κ3) is 5.52. The molecule has 8 nitrogen and oxygen atoms in total. The highest BCUT2D eigenvalue weighted by Gasteiger charge is 2.85. The van der Waals surface area contributed by atoms with Crippen LogP contribution in [0.3, 0.4) is 0 Å². The van der Waals surface area contributed by atoms with Gasteiger partial charge in [0.15, 0.2) is 0 Å². The number of rotatable bonds is 6. The van der Waals surface area contributed by atoms with Crippen molar-refractivity contribution in [2.24, 2.45) is 11.3 Å². The number of pyridine rings is 2. The Morgan fingerprint density at radius 3 is 1.92 bits per heavy atom. The van der Waals surface area contributed by atoms with Crippen molar-refractivity contribution < 1.29 is 19.1 Å². The van der Waals surface area contributed by atoms with Crippen molar-refractivity contribution in [3.63, 3.8) is 0 Å². The van der Waals surface area contributed by atoms with Crippen LogP contribution in [-0.4, -0.2) is 46.2 Å². The first kappa shape index (κ1) is 32.9. The average molecular weight is 738 g/mol. The predicted molar refractivity (Wildman–Crippen MR) is 189 cm³/mol. The first-order valence-electron chi connectivity index (χ1n) is 16.3. The minimum atomic E-state index is -0.497. The van der Waals surface area contributed by atoms with Crippen molar-refractivity contribution in [2.45, 2.75) is 67.9 Å². The zero-order valence-electron chi connectivity index (χ0n) is 26.1. The standard InChI is InChI=1S/C19H16Cl2N2O2.C18H16Cl2N2O2/c20-13-2-1-12(9-14(13)21)23-17(24)19-10-18(19,11-5-7-22-8-6-11)15-3-4-16(19)25-15;19-12-2-1-11(9-13(12)20)22-18(23)17-15-4-3-14(24-15)16(17)10-5-7-21-8-6-10/h1-2,5-9,15-16H,3-4,10H2,(H,23,24);1-2,5-9,14-17H,3-4H2,(H,22,23)/t15-,16+,18+,19+;14-,15+,16-,17-/m00/s1. The second kappa shape index (κ2) is 12.8. The first-order chi connectivity index (χ1) is 23.7. The summed E-state index contributed by atoms with van der Waals surface area (Å²) < 4.78 is 12.2. The quantitative estimate of drug-likeness (QED) is 0.206. The minimum Gasteiger partial charge on any atom is -0.373 e. The summed E-state index contributed by atoms with van der Waals surface area (Å²) in [5.41, 5.74) is 2.84. The van der Waals surface area contributed by atoms with E-state index in [1.807, 2.05) is 24.3 Å². The number of anilines is 2. The van der Waals surface area contributed by atoms with Gasteiger partial charge in [0.1, 0.15) is 0 Å². The van der Waals surface area contributed by atoms with Crippen LogP contribution in [-0.2, 0) is 24.5 Å². The molecule has 2 aromatic heterocycles. The molecule has 1 aliphatic carbocycles. The van der Waals surface area contributed by atoms with Gasteiger partial charge in [0.25, 0.3) is 0 Å². The van der Waals surface area contributed by atoms with Gasteiger partial charge in [-0.3, -0.25) is 19.6 Å². The number of carbonyl (C=O) groups is 2. The van der Waals surface area contributed by atoms with Gasteiger partial charge in [0.2, 0.25) is 11.8 Å². The summed E-state index contributed by atoms with van der Waals surface area (Å²) in [6.07, 6.45) is 11.9.